The summed E-state index contributed by atoms with van der Waals surface area (Å²) in [6.07, 6.45) is 4.69. The lowest BCUT2D eigenvalue weighted by Gasteiger charge is -2.29. The van der Waals surface area contributed by atoms with Crippen LogP contribution in [0.1, 0.15) is 38.5 Å². The molecule has 3 aromatic rings. The standard InChI is InChI=1S/C22H25N3O3S/c1-15-6-2-5-9-19(15)23-20(26)14-29-22-25-24-21(28-22)13-27-18-11-10-16-7-3-4-8-17(16)12-18/h3-4,7-8,10-12,15,19H,2,5-6,9,13-14H2,1H3,(H,23,26)/t15-,19-/m0/s1. The summed E-state index contributed by atoms with van der Waals surface area (Å²) in [6.45, 7) is 2.40. The van der Waals surface area contributed by atoms with Crippen molar-refractivity contribution in [2.45, 2.75) is 50.5 Å². The zero-order valence-corrected chi connectivity index (χ0v) is 17.3. The van der Waals surface area contributed by atoms with Crippen molar-refractivity contribution in [3.8, 4) is 5.75 Å². The van der Waals surface area contributed by atoms with Crippen LogP contribution in [0.4, 0.5) is 0 Å². The first-order chi connectivity index (χ1) is 14.2. The Morgan fingerprint density at radius 3 is 2.86 bits per heavy atom. The normalized spacial score (nSPS) is 19.2. The molecule has 0 aliphatic heterocycles. The average molecular weight is 412 g/mol. The Kier molecular flexibility index (Phi) is 6.34. The van der Waals surface area contributed by atoms with Crippen LogP contribution in [0.15, 0.2) is 52.1 Å². The molecule has 2 atom stereocenters. The van der Waals surface area contributed by atoms with E-state index >= 15 is 0 Å². The van der Waals surface area contributed by atoms with E-state index in [0.29, 0.717) is 17.0 Å². The SMILES string of the molecule is C[C@H]1CCCC[C@@H]1NC(=O)CSc1nnc(COc2ccc3ccccc3c2)o1. The van der Waals surface area contributed by atoms with E-state index in [-0.39, 0.29) is 24.3 Å². The van der Waals surface area contributed by atoms with Gasteiger partial charge < -0.3 is 14.5 Å². The number of nitrogens with zero attached hydrogens (tertiary/aromatic N) is 2. The smallest absolute Gasteiger partial charge is 0.277 e. The highest BCUT2D eigenvalue weighted by Crippen LogP contribution is 2.25. The molecule has 2 aromatic carbocycles. The van der Waals surface area contributed by atoms with Gasteiger partial charge in [-0.2, -0.15) is 0 Å². The van der Waals surface area contributed by atoms with Crippen LogP contribution in [0.5, 0.6) is 5.75 Å². The molecule has 0 spiro atoms. The molecule has 0 radical (unpaired) electrons. The van der Waals surface area contributed by atoms with Crippen LogP contribution in [-0.2, 0) is 11.4 Å². The number of benzene rings is 2. The molecule has 1 heterocycles. The highest BCUT2D eigenvalue weighted by Gasteiger charge is 2.23. The van der Waals surface area contributed by atoms with Gasteiger partial charge in [-0.05, 0) is 41.7 Å². The molecule has 152 valence electrons. The van der Waals surface area contributed by atoms with Crippen LogP contribution in [-0.4, -0.2) is 27.9 Å². The molecule has 0 unspecified atom stereocenters. The van der Waals surface area contributed by atoms with E-state index in [9.17, 15) is 4.79 Å². The second-order valence-corrected chi connectivity index (χ2v) is 8.41. The number of carbonyl (C=O) groups excluding carboxylic acids is 1. The lowest BCUT2D eigenvalue weighted by atomic mass is 9.86. The molecule has 4 rings (SSSR count). The van der Waals surface area contributed by atoms with Gasteiger partial charge in [0.05, 0.1) is 5.75 Å². The minimum atomic E-state index is 0.0147. The summed E-state index contributed by atoms with van der Waals surface area (Å²) in [6, 6.07) is 14.3. The number of fused-ring (bicyclic) bond motifs is 1. The van der Waals surface area contributed by atoms with Crippen molar-refractivity contribution < 1.29 is 13.9 Å². The Bertz CT molecular complexity index is 975. The van der Waals surface area contributed by atoms with Gasteiger partial charge >= 0.3 is 0 Å². The topological polar surface area (TPSA) is 77.2 Å². The van der Waals surface area contributed by atoms with Gasteiger partial charge in [-0.25, -0.2) is 0 Å². The quantitative estimate of drug-likeness (QED) is 0.573. The third-order valence-electron chi connectivity index (χ3n) is 5.32. The van der Waals surface area contributed by atoms with Crippen LogP contribution in [0.25, 0.3) is 10.8 Å². The van der Waals surface area contributed by atoms with Crippen molar-refractivity contribution in [3.05, 3.63) is 48.4 Å². The van der Waals surface area contributed by atoms with Crippen LogP contribution >= 0.6 is 11.8 Å². The summed E-state index contributed by atoms with van der Waals surface area (Å²) in [5, 5.41) is 13.8. The van der Waals surface area contributed by atoms with Crippen LogP contribution < -0.4 is 10.1 Å². The zero-order valence-electron chi connectivity index (χ0n) is 16.5. The number of aromatic nitrogens is 2. The fourth-order valence-electron chi connectivity index (χ4n) is 3.66. The Morgan fingerprint density at radius 1 is 1.17 bits per heavy atom. The van der Waals surface area contributed by atoms with Gasteiger partial charge in [0, 0.05) is 6.04 Å². The highest BCUT2D eigenvalue weighted by atomic mass is 32.2. The molecule has 29 heavy (non-hydrogen) atoms. The Morgan fingerprint density at radius 2 is 2.00 bits per heavy atom. The summed E-state index contributed by atoms with van der Waals surface area (Å²) in [5.74, 6) is 1.97. The third-order valence-corrected chi connectivity index (χ3v) is 6.13. The van der Waals surface area contributed by atoms with E-state index in [0.717, 1.165) is 22.9 Å². The Balaban J connectivity index is 1.25. The van der Waals surface area contributed by atoms with Crippen molar-refractivity contribution >= 4 is 28.4 Å². The van der Waals surface area contributed by atoms with Gasteiger partial charge in [-0.3, -0.25) is 4.79 Å². The number of rotatable bonds is 7. The van der Waals surface area contributed by atoms with Gasteiger partial charge in [-0.1, -0.05) is 61.9 Å². The summed E-state index contributed by atoms with van der Waals surface area (Å²) in [7, 11) is 0. The number of nitrogens with one attached hydrogen (secondary N) is 1. The summed E-state index contributed by atoms with van der Waals surface area (Å²) >= 11 is 1.25. The number of hydrogen-bond acceptors (Lipinski definition) is 6. The van der Waals surface area contributed by atoms with Crippen LogP contribution in [0.2, 0.25) is 0 Å². The van der Waals surface area contributed by atoms with E-state index in [1.54, 1.807) is 0 Å². The zero-order chi connectivity index (χ0) is 20.1. The first kappa shape index (κ1) is 19.8. The van der Waals surface area contributed by atoms with Gasteiger partial charge in [-0.15, -0.1) is 10.2 Å². The second kappa shape index (κ2) is 9.31. The minimum Gasteiger partial charge on any atom is -0.484 e. The highest BCUT2D eigenvalue weighted by molar-refractivity contribution is 7.99. The maximum absolute atomic E-state index is 12.2. The molecule has 0 bridgehead atoms. The lowest BCUT2D eigenvalue weighted by molar-refractivity contribution is -0.119. The molecule has 1 saturated carbocycles. The average Bonchev–Trinajstić information content (AvgIpc) is 3.20. The lowest BCUT2D eigenvalue weighted by Crippen LogP contribution is -2.41. The van der Waals surface area contributed by atoms with E-state index < -0.39 is 0 Å². The van der Waals surface area contributed by atoms with E-state index in [1.807, 2.05) is 36.4 Å². The summed E-state index contributed by atoms with van der Waals surface area (Å²) in [5.41, 5.74) is 0. The molecule has 1 aliphatic rings. The molecule has 0 saturated heterocycles. The van der Waals surface area contributed by atoms with Gasteiger partial charge in [0.2, 0.25) is 5.91 Å². The molecular weight excluding hydrogens is 386 g/mol. The predicted octanol–water partition coefficient (Wildman–Crippen LogP) is 4.59. The molecule has 1 amide bonds. The number of amides is 1. The number of hydrogen-bond donors (Lipinski definition) is 1. The fourth-order valence-corrected chi connectivity index (χ4v) is 4.26. The summed E-state index contributed by atoms with van der Waals surface area (Å²) < 4.78 is 11.4. The molecule has 1 aromatic heterocycles. The van der Waals surface area contributed by atoms with Crippen molar-refractivity contribution in [1.82, 2.24) is 15.5 Å². The Hall–Kier alpha value is -2.54. The van der Waals surface area contributed by atoms with Crippen molar-refractivity contribution in [1.29, 1.82) is 0 Å². The number of thioether (sulfide) groups is 1. The number of carbonyl (C=O) groups is 1. The summed E-state index contributed by atoms with van der Waals surface area (Å²) in [4.78, 5) is 12.2. The minimum absolute atomic E-state index is 0.0147. The molecule has 6 nitrogen and oxygen atoms in total. The first-order valence-corrected chi connectivity index (χ1v) is 11.0. The van der Waals surface area contributed by atoms with Crippen molar-refractivity contribution in [2.24, 2.45) is 5.92 Å². The second-order valence-electron chi connectivity index (χ2n) is 7.48. The monoisotopic (exact) mass is 411 g/mol. The molecule has 1 fully saturated rings. The van der Waals surface area contributed by atoms with Gasteiger partial charge in [0.1, 0.15) is 5.75 Å². The largest absolute Gasteiger partial charge is 0.484 e. The maximum Gasteiger partial charge on any atom is 0.277 e. The maximum atomic E-state index is 12.2. The molecule has 1 aliphatic carbocycles. The molecule has 1 N–H and O–H groups in total. The van der Waals surface area contributed by atoms with E-state index in [4.69, 9.17) is 9.15 Å². The third kappa shape index (κ3) is 5.29. The predicted molar refractivity (Wildman–Crippen MR) is 113 cm³/mol. The van der Waals surface area contributed by atoms with Crippen LogP contribution in [0.3, 0.4) is 0 Å². The fraction of sp³-hybridized carbons (Fsp3) is 0.409. The Labute approximate surface area is 174 Å². The first-order valence-electron chi connectivity index (χ1n) is 10.0. The number of ether oxygens (including phenoxy) is 1. The van der Waals surface area contributed by atoms with Gasteiger partial charge in [0.15, 0.2) is 6.61 Å². The van der Waals surface area contributed by atoms with Crippen molar-refractivity contribution in [2.75, 3.05) is 5.75 Å². The van der Waals surface area contributed by atoms with Crippen molar-refractivity contribution in [3.63, 3.8) is 0 Å². The molecular formula is C22H25N3O3S. The van der Waals surface area contributed by atoms with Gasteiger partial charge in [0.25, 0.3) is 11.1 Å². The van der Waals surface area contributed by atoms with E-state index in [1.165, 1.54) is 31.0 Å². The molecule has 7 heteroatoms. The van der Waals surface area contributed by atoms with Crippen LogP contribution in [0, 0.1) is 5.92 Å². The van der Waals surface area contributed by atoms with E-state index in [2.05, 4.69) is 28.5 Å².